The maximum atomic E-state index is 13.5. The van der Waals surface area contributed by atoms with Crippen molar-refractivity contribution in [3.05, 3.63) is 107 Å². The lowest BCUT2D eigenvalue weighted by molar-refractivity contribution is -0.118. The molecule has 1 atom stereocenters. The summed E-state index contributed by atoms with van der Waals surface area (Å²) < 4.78 is 0. The number of anilines is 1. The van der Waals surface area contributed by atoms with Crippen LogP contribution in [-0.4, -0.2) is 10.8 Å². The molecule has 3 nitrogen and oxygen atoms in total. The Bertz CT molecular complexity index is 1420. The second-order valence-electron chi connectivity index (χ2n) is 9.98. The van der Waals surface area contributed by atoms with E-state index < -0.39 is 0 Å². The largest absolute Gasteiger partial charge is 0.358 e. The van der Waals surface area contributed by atoms with Crippen molar-refractivity contribution in [2.45, 2.75) is 32.6 Å². The molecule has 0 saturated heterocycles. The first-order valence-electron chi connectivity index (χ1n) is 11.6. The lowest BCUT2D eigenvalue weighted by atomic mass is 9.68. The van der Waals surface area contributed by atoms with Crippen LogP contribution in [0.15, 0.2) is 96.3 Å². The molecule has 2 heterocycles. The summed E-state index contributed by atoms with van der Waals surface area (Å²) in [7, 11) is 0. The van der Waals surface area contributed by atoms with E-state index in [2.05, 4.69) is 90.9 Å². The summed E-state index contributed by atoms with van der Waals surface area (Å²) in [5.74, 6) is 0.178. The molecule has 0 saturated carbocycles. The Morgan fingerprint density at radius 2 is 1.61 bits per heavy atom. The van der Waals surface area contributed by atoms with Gasteiger partial charge in [-0.05, 0) is 52.3 Å². The Hall–Kier alpha value is -3.72. The number of hydrogen-bond acceptors (Lipinski definition) is 3. The summed E-state index contributed by atoms with van der Waals surface area (Å²) in [5.41, 5.74) is 8.68. The molecule has 0 amide bonds. The maximum Gasteiger partial charge on any atom is 0.162 e. The Labute approximate surface area is 194 Å². The Morgan fingerprint density at radius 1 is 0.848 bits per heavy atom. The highest BCUT2D eigenvalue weighted by atomic mass is 16.1. The molecule has 1 aliphatic carbocycles. The van der Waals surface area contributed by atoms with Crippen LogP contribution < -0.4 is 5.32 Å². The number of rotatable bonds is 2. The highest BCUT2D eigenvalue weighted by Gasteiger charge is 2.40. The van der Waals surface area contributed by atoms with E-state index in [1.807, 2.05) is 18.3 Å². The second kappa shape index (κ2) is 7.41. The molecule has 33 heavy (non-hydrogen) atoms. The van der Waals surface area contributed by atoms with Gasteiger partial charge in [-0.2, -0.15) is 0 Å². The fourth-order valence-electron chi connectivity index (χ4n) is 5.48. The average Bonchev–Trinajstić information content (AvgIpc) is 2.82. The topological polar surface area (TPSA) is 42.0 Å². The summed E-state index contributed by atoms with van der Waals surface area (Å²) in [6.45, 7) is 4.36. The molecule has 6 rings (SSSR count). The molecule has 0 radical (unpaired) electrons. The van der Waals surface area contributed by atoms with Crippen molar-refractivity contribution < 1.29 is 4.79 Å². The zero-order valence-electron chi connectivity index (χ0n) is 18.9. The number of benzene rings is 3. The van der Waals surface area contributed by atoms with Crippen LogP contribution in [0, 0.1) is 5.41 Å². The summed E-state index contributed by atoms with van der Waals surface area (Å²) in [6, 6.07) is 27.4. The van der Waals surface area contributed by atoms with Crippen LogP contribution >= 0.6 is 0 Å². The van der Waals surface area contributed by atoms with Gasteiger partial charge in [-0.1, -0.05) is 74.5 Å². The number of allylic oxidation sites excluding steroid dienone is 2. The first-order valence-corrected chi connectivity index (χ1v) is 11.6. The monoisotopic (exact) mass is 430 g/mol. The third-order valence-electron chi connectivity index (χ3n) is 6.96. The summed E-state index contributed by atoms with van der Waals surface area (Å²) in [6.07, 6.45) is 3.27. The lowest BCUT2D eigenvalue weighted by Crippen LogP contribution is -2.33. The van der Waals surface area contributed by atoms with E-state index >= 15 is 0 Å². The molecule has 3 aromatic carbocycles. The molecule has 0 spiro atoms. The maximum absolute atomic E-state index is 13.5. The molecule has 0 fully saturated rings. The third kappa shape index (κ3) is 3.36. The van der Waals surface area contributed by atoms with Gasteiger partial charge in [0.2, 0.25) is 0 Å². The number of aromatic nitrogens is 1. The highest BCUT2D eigenvalue weighted by molar-refractivity contribution is 6.04. The van der Waals surface area contributed by atoms with E-state index in [-0.39, 0.29) is 17.1 Å². The number of Topliss-reactive ketones (excluding diaryl/α,β-unsaturated/α-hetero) is 1. The van der Waals surface area contributed by atoms with E-state index in [0.29, 0.717) is 6.42 Å². The fraction of sp³-hybridized carbons (Fsp3) is 0.200. The van der Waals surface area contributed by atoms with Crippen molar-refractivity contribution in [2.24, 2.45) is 5.41 Å². The van der Waals surface area contributed by atoms with Crippen LogP contribution in [0.4, 0.5) is 5.69 Å². The van der Waals surface area contributed by atoms with Crippen molar-refractivity contribution in [2.75, 3.05) is 5.32 Å². The molecule has 162 valence electrons. The summed E-state index contributed by atoms with van der Waals surface area (Å²) in [5, 5.41) is 4.78. The SMILES string of the molecule is CC1(C)CC(=O)C2=C(C1)Nc1c(ccc3ncccc13)C2c1ccc(-c2ccccc2)cc1. The number of carbonyl (C=O) groups excluding carboxylic acids is 1. The van der Waals surface area contributed by atoms with E-state index in [1.165, 1.54) is 11.1 Å². The predicted molar refractivity (Wildman–Crippen MR) is 134 cm³/mol. The molecule has 1 N–H and O–H groups in total. The number of hydrogen-bond donors (Lipinski definition) is 1. The van der Waals surface area contributed by atoms with E-state index in [0.717, 1.165) is 45.4 Å². The second-order valence-corrected chi connectivity index (χ2v) is 9.98. The number of nitrogens with one attached hydrogen (secondary N) is 1. The van der Waals surface area contributed by atoms with E-state index in [9.17, 15) is 4.79 Å². The average molecular weight is 431 g/mol. The molecular weight excluding hydrogens is 404 g/mol. The molecule has 4 aromatic rings. The molecule has 2 aliphatic rings. The van der Waals surface area contributed by atoms with Crippen LogP contribution in [0.25, 0.3) is 22.0 Å². The lowest BCUT2D eigenvalue weighted by Gasteiger charge is -2.39. The number of fused-ring (bicyclic) bond motifs is 3. The van der Waals surface area contributed by atoms with Gasteiger partial charge in [-0.3, -0.25) is 9.78 Å². The molecule has 1 aliphatic heterocycles. The molecule has 0 bridgehead atoms. The zero-order chi connectivity index (χ0) is 22.6. The van der Waals surface area contributed by atoms with Crippen molar-refractivity contribution in [1.82, 2.24) is 4.98 Å². The number of nitrogens with zero attached hydrogens (tertiary/aromatic N) is 1. The molecule has 1 aromatic heterocycles. The Kier molecular flexibility index (Phi) is 4.48. The number of pyridine rings is 1. The zero-order valence-corrected chi connectivity index (χ0v) is 18.9. The smallest absolute Gasteiger partial charge is 0.162 e. The van der Waals surface area contributed by atoms with Crippen LogP contribution in [-0.2, 0) is 4.79 Å². The Morgan fingerprint density at radius 3 is 2.39 bits per heavy atom. The van der Waals surface area contributed by atoms with E-state index in [1.54, 1.807) is 0 Å². The standard InChI is InChI=1S/C30H26N2O/c1-30(2)17-25-28(26(33)18-30)27(21-12-10-20(11-13-21)19-7-4-3-5-8-19)23-14-15-24-22(29(23)32-25)9-6-16-31-24/h3-16,27,32H,17-18H2,1-2H3. The quantitative estimate of drug-likeness (QED) is 0.369. The van der Waals surface area contributed by atoms with Gasteiger partial charge in [0.05, 0.1) is 11.2 Å². The van der Waals surface area contributed by atoms with Gasteiger partial charge >= 0.3 is 0 Å². The third-order valence-corrected chi connectivity index (χ3v) is 6.96. The van der Waals surface area contributed by atoms with Gasteiger partial charge in [-0.15, -0.1) is 0 Å². The molecular formula is C30H26N2O. The normalized spacial score (nSPS) is 19.1. The van der Waals surface area contributed by atoms with Crippen molar-refractivity contribution in [3.8, 4) is 11.1 Å². The summed E-state index contributed by atoms with van der Waals surface area (Å²) in [4.78, 5) is 18.0. The van der Waals surface area contributed by atoms with Crippen molar-refractivity contribution in [3.63, 3.8) is 0 Å². The number of carbonyl (C=O) groups is 1. The van der Waals surface area contributed by atoms with Crippen molar-refractivity contribution in [1.29, 1.82) is 0 Å². The fourth-order valence-corrected chi connectivity index (χ4v) is 5.48. The minimum absolute atomic E-state index is 0.0506. The predicted octanol–water partition coefficient (Wildman–Crippen LogP) is 7.10. The first-order chi connectivity index (χ1) is 16.0. The Balaban J connectivity index is 1.54. The number of ketones is 1. The van der Waals surface area contributed by atoms with Gasteiger partial charge in [0.15, 0.2) is 5.78 Å². The minimum atomic E-state index is -0.0747. The van der Waals surface area contributed by atoms with Crippen LogP contribution in [0.2, 0.25) is 0 Å². The molecule has 1 unspecified atom stereocenters. The minimum Gasteiger partial charge on any atom is -0.358 e. The highest BCUT2D eigenvalue weighted by Crippen LogP contribution is 2.50. The molecule has 3 heteroatoms. The summed E-state index contributed by atoms with van der Waals surface area (Å²) >= 11 is 0. The van der Waals surface area contributed by atoms with Crippen molar-refractivity contribution >= 4 is 22.4 Å². The van der Waals surface area contributed by atoms with Gasteiger partial charge in [0.25, 0.3) is 0 Å². The van der Waals surface area contributed by atoms with Crippen LogP contribution in [0.1, 0.15) is 43.7 Å². The van der Waals surface area contributed by atoms with Gasteiger partial charge in [0, 0.05) is 35.2 Å². The first kappa shape index (κ1) is 19.9. The van der Waals surface area contributed by atoms with Gasteiger partial charge in [-0.25, -0.2) is 0 Å². The van der Waals surface area contributed by atoms with Gasteiger partial charge in [0.1, 0.15) is 0 Å². The van der Waals surface area contributed by atoms with E-state index in [4.69, 9.17) is 0 Å². The van der Waals surface area contributed by atoms with Gasteiger partial charge < -0.3 is 5.32 Å². The van der Waals surface area contributed by atoms with Crippen LogP contribution in [0.3, 0.4) is 0 Å². The van der Waals surface area contributed by atoms with Crippen LogP contribution in [0.5, 0.6) is 0 Å².